The number of alkyl halides is 1. The zero-order chi connectivity index (χ0) is 12.0. The molecule has 1 rings (SSSR count). The summed E-state index contributed by atoms with van der Waals surface area (Å²) in [5, 5.41) is 0. The molecule has 0 fully saturated rings. The van der Waals surface area contributed by atoms with Crippen LogP contribution in [0.15, 0.2) is 21.2 Å². The van der Waals surface area contributed by atoms with Gasteiger partial charge in [-0.1, -0.05) is 13.3 Å². The molecule has 1 heterocycles. The molecule has 0 aliphatic heterocycles. The lowest BCUT2D eigenvalue weighted by atomic mass is 10.3. The largest absolute Gasteiger partial charge is 0.444 e. The minimum Gasteiger partial charge on any atom is -0.444 e. The van der Waals surface area contributed by atoms with Crippen molar-refractivity contribution in [2.24, 2.45) is 0 Å². The fraction of sp³-hybridized carbons (Fsp3) is 0.545. The highest BCUT2D eigenvalue weighted by atomic mass is 79.9. The number of furan rings is 1. The van der Waals surface area contributed by atoms with Crippen molar-refractivity contribution in [1.82, 2.24) is 4.90 Å². The lowest BCUT2D eigenvalue weighted by Gasteiger charge is -2.19. The molecule has 0 N–H and O–H groups in total. The highest BCUT2D eigenvalue weighted by molar-refractivity contribution is 9.10. The first kappa shape index (κ1) is 13.6. The fourth-order valence-electron chi connectivity index (χ4n) is 1.35. The molecule has 0 unspecified atom stereocenters. The van der Waals surface area contributed by atoms with Crippen molar-refractivity contribution in [3.05, 3.63) is 22.6 Å². The Morgan fingerprint density at radius 3 is 2.75 bits per heavy atom. The molecule has 0 atom stereocenters. The second-order valence-electron chi connectivity index (χ2n) is 3.44. The topological polar surface area (TPSA) is 33.5 Å². The number of hydrogen-bond acceptors (Lipinski definition) is 2. The number of hydrogen-bond donors (Lipinski definition) is 0. The molecule has 0 saturated carbocycles. The molecule has 3 nitrogen and oxygen atoms in total. The summed E-state index contributed by atoms with van der Waals surface area (Å²) in [6, 6.07) is 3.38. The van der Waals surface area contributed by atoms with E-state index in [1.54, 1.807) is 17.0 Å². The summed E-state index contributed by atoms with van der Waals surface area (Å²) in [7, 11) is 0. The number of carbonyl (C=O) groups excluding carboxylic acids is 1. The summed E-state index contributed by atoms with van der Waals surface area (Å²) >= 11 is 8.86. The average molecular weight is 309 g/mol. The molecular formula is C11H15BrClNO2. The van der Waals surface area contributed by atoms with E-state index in [2.05, 4.69) is 22.9 Å². The van der Waals surface area contributed by atoms with Gasteiger partial charge in [0.05, 0.1) is 0 Å². The van der Waals surface area contributed by atoms with Crippen LogP contribution in [0.1, 0.15) is 30.3 Å². The average Bonchev–Trinajstić information content (AvgIpc) is 2.70. The Morgan fingerprint density at radius 1 is 1.50 bits per heavy atom. The zero-order valence-corrected chi connectivity index (χ0v) is 11.6. The van der Waals surface area contributed by atoms with Crippen molar-refractivity contribution in [3.63, 3.8) is 0 Å². The second kappa shape index (κ2) is 6.97. The van der Waals surface area contributed by atoms with Gasteiger partial charge in [-0.05, 0) is 34.5 Å². The Hall–Kier alpha value is -0.480. The molecule has 1 aromatic rings. The Balaban J connectivity index is 2.66. The van der Waals surface area contributed by atoms with E-state index >= 15 is 0 Å². The number of unbranched alkanes of at least 4 members (excludes halogenated alkanes) is 1. The van der Waals surface area contributed by atoms with Crippen LogP contribution in [0.25, 0.3) is 0 Å². The lowest BCUT2D eigenvalue weighted by molar-refractivity contribution is 0.0730. The van der Waals surface area contributed by atoms with Gasteiger partial charge < -0.3 is 9.32 Å². The smallest absolute Gasteiger partial charge is 0.289 e. The van der Waals surface area contributed by atoms with E-state index < -0.39 is 0 Å². The molecule has 0 saturated heterocycles. The zero-order valence-electron chi connectivity index (χ0n) is 9.21. The van der Waals surface area contributed by atoms with Crippen LogP contribution in [0.2, 0.25) is 0 Å². The maximum absolute atomic E-state index is 12.0. The van der Waals surface area contributed by atoms with E-state index in [-0.39, 0.29) is 5.91 Å². The Kier molecular flexibility index (Phi) is 5.91. The van der Waals surface area contributed by atoms with E-state index in [4.69, 9.17) is 16.0 Å². The van der Waals surface area contributed by atoms with Gasteiger partial charge in [-0.2, -0.15) is 0 Å². The van der Waals surface area contributed by atoms with Crippen LogP contribution >= 0.6 is 27.5 Å². The Morgan fingerprint density at radius 2 is 2.25 bits per heavy atom. The summed E-state index contributed by atoms with van der Waals surface area (Å²) in [4.78, 5) is 13.7. The van der Waals surface area contributed by atoms with Crippen LogP contribution in [-0.2, 0) is 0 Å². The van der Waals surface area contributed by atoms with Crippen molar-refractivity contribution in [1.29, 1.82) is 0 Å². The predicted molar refractivity (Wildman–Crippen MR) is 67.9 cm³/mol. The number of amides is 1. The van der Waals surface area contributed by atoms with Crippen molar-refractivity contribution >= 4 is 33.4 Å². The maximum Gasteiger partial charge on any atom is 0.289 e. The van der Waals surface area contributed by atoms with Gasteiger partial charge in [0.1, 0.15) is 0 Å². The first-order valence-corrected chi connectivity index (χ1v) is 6.62. The highest BCUT2D eigenvalue weighted by Gasteiger charge is 2.17. The standard InChI is InChI=1S/C11H15BrClNO2/c1-2-3-7-14(8-6-13)11(15)9-4-5-10(12)16-9/h4-5H,2-3,6-8H2,1H3. The maximum atomic E-state index is 12.0. The minimum absolute atomic E-state index is 0.0974. The highest BCUT2D eigenvalue weighted by Crippen LogP contribution is 2.16. The van der Waals surface area contributed by atoms with E-state index in [0.29, 0.717) is 22.9 Å². The van der Waals surface area contributed by atoms with Crippen molar-refractivity contribution in [2.75, 3.05) is 19.0 Å². The molecule has 0 aliphatic carbocycles. The molecule has 1 aromatic heterocycles. The van der Waals surface area contributed by atoms with E-state index in [1.807, 2.05) is 0 Å². The van der Waals surface area contributed by atoms with Crippen LogP contribution in [-0.4, -0.2) is 29.8 Å². The molecule has 1 amide bonds. The number of carbonyl (C=O) groups is 1. The van der Waals surface area contributed by atoms with Crippen LogP contribution in [0, 0.1) is 0 Å². The number of nitrogens with zero attached hydrogens (tertiary/aromatic N) is 1. The quantitative estimate of drug-likeness (QED) is 0.753. The number of rotatable bonds is 6. The van der Waals surface area contributed by atoms with Crippen LogP contribution in [0.4, 0.5) is 0 Å². The first-order valence-electron chi connectivity index (χ1n) is 5.29. The van der Waals surface area contributed by atoms with Gasteiger partial charge in [0, 0.05) is 19.0 Å². The van der Waals surface area contributed by atoms with Gasteiger partial charge in [-0.15, -0.1) is 11.6 Å². The molecule has 16 heavy (non-hydrogen) atoms. The first-order chi connectivity index (χ1) is 7.69. The summed E-state index contributed by atoms with van der Waals surface area (Å²) in [6.45, 7) is 3.37. The summed E-state index contributed by atoms with van der Waals surface area (Å²) in [5.74, 6) is 0.699. The van der Waals surface area contributed by atoms with Crippen LogP contribution in [0.5, 0.6) is 0 Å². The monoisotopic (exact) mass is 307 g/mol. The van der Waals surface area contributed by atoms with Crippen molar-refractivity contribution < 1.29 is 9.21 Å². The van der Waals surface area contributed by atoms with Gasteiger partial charge >= 0.3 is 0 Å². The molecule has 0 aliphatic rings. The molecule has 90 valence electrons. The normalized spacial score (nSPS) is 10.4. The van der Waals surface area contributed by atoms with Crippen molar-refractivity contribution in [2.45, 2.75) is 19.8 Å². The van der Waals surface area contributed by atoms with Crippen LogP contribution in [0.3, 0.4) is 0 Å². The molecular weight excluding hydrogens is 293 g/mol. The van der Waals surface area contributed by atoms with Gasteiger partial charge in [0.15, 0.2) is 10.4 Å². The summed E-state index contributed by atoms with van der Waals surface area (Å²) < 4.78 is 5.80. The second-order valence-corrected chi connectivity index (χ2v) is 4.60. The van der Waals surface area contributed by atoms with E-state index in [0.717, 1.165) is 19.4 Å². The van der Waals surface area contributed by atoms with E-state index in [9.17, 15) is 4.79 Å². The third kappa shape index (κ3) is 3.83. The van der Waals surface area contributed by atoms with Crippen molar-refractivity contribution in [3.8, 4) is 0 Å². The number of halogens is 2. The van der Waals surface area contributed by atoms with Gasteiger partial charge in [0.25, 0.3) is 5.91 Å². The molecule has 0 spiro atoms. The van der Waals surface area contributed by atoms with E-state index in [1.165, 1.54) is 0 Å². The summed E-state index contributed by atoms with van der Waals surface area (Å²) in [6.07, 6.45) is 2.03. The molecule has 0 radical (unpaired) electrons. The van der Waals surface area contributed by atoms with Gasteiger partial charge in [0.2, 0.25) is 0 Å². The van der Waals surface area contributed by atoms with Gasteiger partial charge in [-0.3, -0.25) is 4.79 Å². The lowest BCUT2D eigenvalue weighted by Crippen LogP contribution is -2.33. The molecule has 0 bridgehead atoms. The molecule has 0 aromatic carbocycles. The fourth-order valence-corrected chi connectivity index (χ4v) is 1.86. The SMILES string of the molecule is CCCCN(CCCl)C(=O)c1ccc(Br)o1. The molecule has 5 heteroatoms. The van der Waals surface area contributed by atoms with Crippen LogP contribution < -0.4 is 0 Å². The minimum atomic E-state index is -0.0974. The predicted octanol–water partition coefficient (Wildman–Crippen LogP) is 3.52. The Bertz CT molecular complexity index is 340. The third-order valence-electron chi connectivity index (χ3n) is 2.21. The Labute approximate surface area is 109 Å². The summed E-state index contributed by atoms with van der Waals surface area (Å²) in [5.41, 5.74) is 0. The van der Waals surface area contributed by atoms with Gasteiger partial charge in [-0.25, -0.2) is 0 Å². The third-order valence-corrected chi connectivity index (χ3v) is 2.80.